The van der Waals surface area contributed by atoms with Crippen LogP contribution >= 0.6 is 0 Å². The fourth-order valence-corrected chi connectivity index (χ4v) is 4.60. The molecule has 0 saturated carbocycles. The molecular weight excluding hydrogens is 338 g/mol. The van der Waals surface area contributed by atoms with Crippen molar-refractivity contribution in [3.63, 3.8) is 0 Å². The maximum Gasteiger partial charge on any atom is 0.224 e. The Kier molecular flexibility index (Phi) is 6.59. The minimum atomic E-state index is -3.43. The zero-order valence-corrected chi connectivity index (χ0v) is 16.1. The summed E-state index contributed by atoms with van der Waals surface area (Å²) in [5, 5.41) is 6.16. The molecule has 1 atom stereocenters. The predicted octanol–water partition coefficient (Wildman–Crippen LogP) is 2.23. The molecule has 7 heteroatoms. The van der Waals surface area contributed by atoms with Crippen molar-refractivity contribution in [1.29, 1.82) is 0 Å². The molecule has 3 N–H and O–H groups in total. The van der Waals surface area contributed by atoms with E-state index in [1.54, 1.807) is 45.0 Å². The van der Waals surface area contributed by atoms with E-state index in [9.17, 15) is 13.2 Å². The Morgan fingerprint density at radius 2 is 2.08 bits per heavy atom. The highest BCUT2D eigenvalue weighted by Gasteiger charge is 2.20. The Morgan fingerprint density at radius 1 is 1.32 bits per heavy atom. The smallest absolute Gasteiger partial charge is 0.224 e. The molecule has 25 heavy (non-hydrogen) atoms. The van der Waals surface area contributed by atoms with Gasteiger partial charge in [-0.3, -0.25) is 4.79 Å². The maximum atomic E-state index is 12.2. The van der Waals surface area contributed by atoms with E-state index in [0.717, 1.165) is 25.9 Å². The van der Waals surface area contributed by atoms with Gasteiger partial charge in [0.15, 0.2) is 0 Å². The van der Waals surface area contributed by atoms with Crippen molar-refractivity contribution in [1.82, 2.24) is 10.0 Å². The third kappa shape index (κ3) is 7.54. The summed E-state index contributed by atoms with van der Waals surface area (Å²) in [6.45, 7) is 7.44. The summed E-state index contributed by atoms with van der Waals surface area (Å²) in [6.07, 6.45) is 2.49. The van der Waals surface area contributed by atoms with Gasteiger partial charge in [-0.05, 0) is 70.3 Å². The molecule has 140 valence electrons. The number of carbonyl (C=O) groups is 1. The third-order valence-corrected chi connectivity index (χ3v) is 5.61. The van der Waals surface area contributed by atoms with Gasteiger partial charge in [-0.2, -0.15) is 0 Å². The highest BCUT2D eigenvalue weighted by molar-refractivity contribution is 7.88. The maximum absolute atomic E-state index is 12.2. The Labute approximate surface area is 150 Å². The van der Waals surface area contributed by atoms with Crippen LogP contribution in [0.25, 0.3) is 0 Å². The SMILES string of the molecule is CC(C)(C)NS(=O)(=O)Cc1cccc(NC(=O)CCC2CCNC2)c1. The third-order valence-electron chi connectivity index (χ3n) is 3.97. The highest BCUT2D eigenvalue weighted by Crippen LogP contribution is 2.17. The molecule has 0 spiro atoms. The lowest BCUT2D eigenvalue weighted by Gasteiger charge is -2.20. The van der Waals surface area contributed by atoms with Gasteiger partial charge in [0.25, 0.3) is 0 Å². The molecule has 1 amide bonds. The summed E-state index contributed by atoms with van der Waals surface area (Å²) in [5.74, 6) is 0.437. The summed E-state index contributed by atoms with van der Waals surface area (Å²) in [5.41, 5.74) is 0.771. The molecule has 1 aliphatic rings. The Bertz CT molecular complexity index is 690. The number of sulfonamides is 1. The number of amides is 1. The van der Waals surface area contributed by atoms with Crippen molar-refractivity contribution in [2.75, 3.05) is 18.4 Å². The number of rotatable bonds is 7. The fraction of sp³-hybridized carbons (Fsp3) is 0.611. The molecule has 1 fully saturated rings. The first-order valence-electron chi connectivity index (χ1n) is 8.74. The molecule has 0 radical (unpaired) electrons. The van der Waals surface area contributed by atoms with Crippen LogP contribution < -0.4 is 15.4 Å². The van der Waals surface area contributed by atoms with E-state index in [1.807, 2.05) is 0 Å². The van der Waals surface area contributed by atoms with Gasteiger partial charge in [0, 0.05) is 17.6 Å². The topological polar surface area (TPSA) is 87.3 Å². The van der Waals surface area contributed by atoms with Crippen LogP contribution in [0.3, 0.4) is 0 Å². The zero-order valence-electron chi connectivity index (χ0n) is 15.3. The molecule has 1 saturated heterocycles. The van der Waals surface area contributed by atoms with Crippen molar-refractivity contribution in [2.24, 2.45) is 5.92 Å². The van der Waals surface area contributed by atoms with Gasteiger partial charge < -0.3 is 10.6 Å². The normalized spacial score (nSPS) is 18.3. The molecule has 2 rings (SSSR count). The Balaban J connectivity index is 1.90. The molecule has 1 unspecified atom stereocenters. The number of carbonyl (C=O) groups excluding carboxylic acids is 1. The second-order valence-corrected chi connectivity index (χ2v) is 9.48. The van der Waals surface area contributed by atoms with Gasteiger partial charge in [-0.15, -0.1) is 0 Å². The number of nitrogens with one attached hydrogen (secondary N) is 3. The van der Waals surface area contributed by atoms with E-state index >= 15 is 0 Å². The van der Waals surface area contributed by atoms with Crippen LogP contribution in [-0.4, -0.2) is 33.0 Å². The number of benzene rings is 1. The van der Waals surface area contributed by atoms with Gasteiger partial charge in [0.2, 0.25) is 15.9 Å². The molecule has 1 aromatic carbocycles. The summed E-state index contributed by atoms with van der Waals surface area (Å²) in [7, 11) is -3.43. The minimum absolute atomic E-state index is 0.0280. The zero-order chi connectivity index (χ0) is 18.5. The summed E-state index contributed by atoms with van der Waals surface area (Å²) in [6, 6.07) is 7.01. The summed E-state index contributed by atoms with van der Waals surface area (Å²) >= 11 is 0. The molecule has 1 heterocycles. The van der Waals surface area contributed by atoms with E-state index in [4.69, 9.17) is 0 Å². The monoisotopic (exact) mass is 367 g/mol. The second-order valence-electron chi connectivity index (χ2n) is 7.76. The fourth-order valence-electron chi connectivity index (χ4n) is 2.98. The van der Waals surface area contributed by atoms with E-state index in [1.165, 1.54) is 0 Å². The largest absolute Gasteiger partial charge is 0.326 e. The van der Waals surface area contributed by atoms with Crippen molar-refractivity contribution >= 4 is 21.6 Å². The van der Waals surface area contributed by atoms with E-state index in [2.05, 4.69) is 15.4 Å². The molecule has 6 nitrogen and oxygen atoms in total. The van der Waals surface area contributed by atoms with Crippen LogP contribution in [0.5, 0.6) is 0 Å². The molecule has 0 aromatic heterocycles. The average Bonchev–Trinajstić information content (AvgIpc) is 2.95. The average molecular weight is 368 g/mol. The first-order chi connectivity index (χ1) is 11.6. The van der Waals surface area contributed by atoms with Gasteiger partial charge in [0.05, 0.1) is 5.75 Å². The van der Waals surface area contributed by atoms with E-state index in [0.29, 0.717) is 23.6 Å². The Hall–Kier alpha value is -1.44. The van der Waals surface area contributed by atoms with Crippen LogP contribution in [0.1, 0.15) is 45.6 Å². The molecule has 0 aliphatic carbocycles. The lowest BCUT2D eigenvalue weighted by Crippen LogP contribution is -2.41. The standard InChI is InChI=1S/C18H29N3O3S/c1-18(2,3)21-25(23,24)13-15-5-4-6-16(11-15)20-17(22)8-7-14-9-10-19-12-14/h4-6,11,14,19,21H,7-10,12-13H2,1-3H3,(H,20,22). The lowest BCUT2D eigenvalue weighted by molar-refractivity contribution is -0.116. The Morgan fingerprint density at radius 3 is 2.72 bits per heavy atom. The quantitative estimate of drug-likeness (QED) is 0.690. The van der Waals surface area contributed by atoms with Gasteiger partial charge in [0.1, 0.15) is 0 Å². The first-order valence-corrected chi connectivity index (χ1v) is 10.4. The lowest BCUT2D eigenvalue weighted by atomic mass is 10.0. The van der Waals surface area contributed by atoms with Crippen LogP contribution in [0.4, 0.5) is 5.69 Å². The van der Waals surface area contributed by atoms with Crippen molar-refractivity contribution < 1.29 is 13.2 Å². The van der Waals surface area contributed by atoms with Crippen LogP contribution in [0, 0.1) is 5.92 Å². The summed E-state index contributed by atoms with van der Waals surface area (Å²) < 4.78 is 27.0. The van der Waals surface area contributed by atoms with Crippen molar-refractivity contribution in [2.45, 2.75) is 51.3 Å². The molecule has 0 bridgehead atoms. The molecule has 1 aromatic rings. The van der Waals surface area contributed by atoms with Crippen molar-refractivity contribution in [3.05, 3.63) is 29.8 Å². The van der Waals surface area contributed by atoms with Crippen LogP contribution in [0.15, 0.2) is 24.3 Å². The summed E-state index contributed by atoms with van der Waals surface area (Å²) in [4.78, 5) is 12.1. The van der Waals surface area contributed by atoms with E-state index in [-0.39, 0.29) is 11.7 Å². The second kappa shape index (κ2) is 8.29. The van der Waals surface area contributed by atoms with Gasteiger partial charge in [-0.1, -0.05) is 12.1 Å². The number of hydrogen-bond donors (Lipinski definition) is 3. The van der Waals surface area contributed by atoms with Crippen LogP contribution in [0.2, 0.25) is 0 Å². The number of hydrogen-bond acceptors (Lipinski definition) is 4. The molecule has 1 aliphatic heterocycles. The van der Waals surface area contributed by atoms with Gasteiger partial charge in [-0.25, -0.2) is 13.1 Å². The van der Waals surface area contributed by atoms with E-state index < -0.39 is 15.6 Å². The minimum Gasteiger partial charge on any atom is -0.326 e. The van der Waals surface area contributed by atoms with Crippen LogP contribution in [-0.2, 0) is 20.6 Å². The van der Waals surface area contributed by atoms with Crippen molar-refractivity contribution in [3.8, 4) is 0 Å². The first kappa shape index (κ1) is 19.9. The molecular formula is C18H29N3O3S. The predicted molar refractivity (Wildman–Crippen MR) is 101 cm³/mol. The number of anilines is 1. The highest BCUT2D eigenvalue weighted by atomic mass is 32.2. The van der Waals surface area contributed by atoms with Gasteiger partial charge >= 0.3 is 0 Å².